The molecule has 0 atom stereocenters. The monoisotopic (exact) mass is 880 g/mol. The molecule has 4 aromatic rings. The molecular formula is C44H52N10O6S2. The molecule has 1 aliphatic rings. The van der Waals surface area contributed by atoms with Crippen molar-refractivity contribution in [1.29, 1.82) is 5.53 Å². The van der Waals surface area contributed by atoms with Crippen LogP contribution in [0.3, 0.4) is 0 Å². The van der Waals surface area contributed by atoms with Crippen molar-refractivity contribution in [3.63, 3.8) is 0 Å². The molecule has 2 N–H and O–H groups in total. The number of rotatable bonds is 9. The van der Waals surface area contributed by atoms with Crippen LogP contribution in [0.4, 0.5) is 0 Å². The SMILES string of the molecule is C#CC#CC#CC#CC#CC#CC#CC#CC#CC#CC#C.COc1ccc(Cn2c(=O)n3ncnc3c3c(C)c(CN4CCCOCC4)sc32)cc1.N=N/N=N/N(OO)OS.[HH].[HH].[HH].[HH].[HH].[HH].[HH].[HH].[HH].[HH].[HH]. The molecule has 3 aromatic heterocycles. The summed E-state index contributed by atoms with van der Waals surface area (Å²) in [6.45, 7) is 6.97. The van der Waals surface area contributed by atoms with Crippen molar-refractivity contribution in [2.24, 2.45) is 15.7 Å². The normalized spacial score (nSPS) is 10.5. The van der Waals surface area contributed by atoms with Gasteiger partial charge in [0.2, 0.25) is 0 Å². The molecule has 16 nitrogen and oxygen atoms in total. The molecule has 1 saturated heterocycles. The van der Waals surface area contributed by atoms with Crippen LogP contribution in [0.25, 0.3) is 15.9 Å². The van der Waals surface area contributed by atoms with Gasteiger partial charge in [0.25, 0.3) is 0 Å². The van der Waals surface area contributed by atoms with E-state index in [4.69, 9.17) is 33.1 Å². The standard InChI is InChI=1S/C22H25N5O3S.C22H2.H3N5O3S.11H2/c1-15-18(13-25-8-3-10-30-11-9-25)31-21-19(15)20-23-14-24-27(20)22(28)26(21)12-16-4-6-17(29-2)7-5-16;1-3-5-7-9-11-13-15-17-19-21-22-20-18-16-14-12-10-8-6-4-2;1-2-3-4-5(7-6)8-9;;;;;;;;;;;/h4-7,14H,3,8-13H2,1-2H3;1-2H;1,6,9H;11*1H/b;;2-1?,4-3+;;;;;;;;;;;. The van der Waals surface area contributed by atoms with Gasteiger partial charge < -0.3 is 9.47 Å². The van der Waals surface area contributed by atoms with Gasteiger partial charge in [-0.1, -0.05) is 17.1 Å². The Kier molecular flexibility index (Phi) is 22.4. The number of nitrogens with zero attached hydrogens (tertiary/aromatic N) is 9. The molecule has 1 fully saturated rings. The molecule has 326 valence electrons. The minimum atomic E-state index is -0.174. The van der Waals surface area contributed by atoms with Gasteiger partial charge in [0.05, 0.1) is 25.6 Å². The van der Waals surface area contributed by atoms with E-state index in [-0.39, 0.29) is 26.7 Å². The first-order valence-electron chi connectivity index (χ1n) is 17.3. The Bertz CT molecular complexity index is 2940. The van der Waals surface area contributed by atoms with Crippen molar-refractivity contribution in [3.05, 3.63) is 57.1 Å². The lowest BCUT2D eigenvalue weighted by Crippen LogP contribution is -2.27. The summed E-state index contributed by atoms with van der Waals surface area (Å²) in [6.07, 6.45) is 12.3. The van der Waals surface area contributed by atoms with Crippen molar-refractivity contribution in [1.82, 2.24) is 29.4 Å². The average molecular weight is 881 g/mol. The highest BCUT2D eigenvalue weighted by Gasteiger charge is 2.21. The van der Waals surface area contributed by atoms with E-state index in [1.165, 1.54) is 21.3 Å². The van der Waals surface area contributed by atoms with E-state index in [1.807, 2.05) is 28.8 Å². The summed E-state index contributed by atoms with van der Waals surface area (Å²) in [5.74, 6) is 49.0. The summed E-state index contributed by atoms with van der Waals surface area (Å²) in [5, 5.41) is 21.0. The van der Waals surface area contributed by atoms with Gasteiger partial charge in [-0.3, -0.25) is 9.47 Å². The molecule has 0 saturated carbocycles. The Balaban J connectivity index is -0.000000125. The summed E-state index contributed by atoms with van der Waals surface area (Å²) >= 11 is 4.84. The molecule has 1 aromatic carbocycles. The van der Waals surface area contributed by atoms with Crippen molar-refractivity contribution in [2.45, 2.75) is 26.4 Å². The van der Waals surface area contributed by atoms with Gasteiger partial charge in [0.1, 0.15) is 16.9 Å². The van der Waals surface area contributed by atoms with Crippen LogP contribution in [0, 0.1) is 144 Å². The molecule has 18 heteroatoms. The summed E-state index contributed by atoms with van der Waals surface area (Å²) in [5.41, 5.74) is 8.72. The molecule has 0 spiro atoms. The maximum Gasteiger partial charge on any atom is 0.352 e. The number of terminal acetylenes is 2. The van der Waals surface area contributed by atoms with Crippen LogP contribution in [0.15, 0.2) is 51.1 Å². The highest BCUT2D eigenvalue weighted by Crippen LogP contribution is 2.33. The van der Waals surface area contributed by atoms with Crippen LogP contribution in [0.1, 0.15) is 38.1 Å². The smallest absolute Gasteiger partial charge is 0.352 e. The minimum Gasteiger partial charge on any atom is -0.497 e. The lowest BCUT2D eigenvalue weighted by molar-refractivity contribution is -0.478. The van der Waals surface area contributed by atoms with E-state index in [2.05, 4.69) is 178 Å². The second-order valence-electron chi connectivity index (χ2n) is 11.0. The minimum absolute atomic E-state index is 0. The molecule has 0 radical (unpaired) electrons. The van der Waals surface area contributed by atoms with E-state index >= 15 is 0 Å². The fourth-order valence-corrected chi connectivity index (χ4v) is 6.18. The van der Waals surface area contributed by atoms with Crippen molar-refractivity contribution in [2.75, 3.05) is 33.4 Å². The van der Waals surface area contributed by atoms with Crippen molar-refractivity contribution < 1.29 is 39.7 Å². The van der Waals surface area contributed by atoms with Crippen LogP contribution in [0.2, 0.25) is 0 Å². The molecule has 0 aliphatic carbocycles. The summed E-state index contributed by atoms with van der Waals surface area (Å²) < 4.78 is 17.9. The number of thiophene rings is 1. The fraction of sp³-hybridized carbons (Fsp3) is 0.205. The van der Waals surface area contributed by atoms with E-state index in [0.29, 0.717) is 12.2 Å². The molecule has 62 heavy (non-hydrogen) atoms. The first-order valence-corrected chi connectivity index (χ1v) is 18.5. The van der Waals surface area contributed by atoms with Gasteiger partial charge in [0.15, 0.2) is 5.65 Å². The number of benzene rings is 1. The topological polar surface area (TPSA) is 177 Å². The number of aromatic nitrogens is 4. The largest absolute Gasteiger partial charge is 0.497 e. The maximum atomic E-state index is 13.3. The molecular weight excluding hydrogens is 829 g/mol. The number of aryl methyl sites for hydroxylation is 1. The second-order valence-corrected chi connectivity index (χ2v) is 12.3. The van der Waals surface area contributed by atoms with Crippen molar-refractivity contribution in [3.8, 4) is 137 Å². The molecule has 0 unspecified atom stereocenters. The molecule has 5 rings (SSSR count). The van der Waals surface area contributed by atoms with Gasteiger partial charge in [0, 0.05) is 94.0 Å². The first kappa shape index (κ1) is 48.0. The third-order valence-corrected chi connectivity index (χ3v) is 8.78. The van der Waals surface area contributed by atoms with Crippen LogP contribution in [-0.2, 0) is 27.1 Å². The number of fused-ring (bicyclic) bond motifs is 3. The van der Waals surface area contributed by atoms with E-state index in [1.54, 1.807) is 18.4 Å². The first-order chi connectivity index (χ1) is 30.4. The molecule has 1 aliphatic heterocycles. The number of hydrogen-bond acceptors (Lipinski definition) is 13. The van der Waals surface area contributed by atoms with Gasteiger partial charge in [-0.15, -0.1) is 24.2 Å². The zero-order chi connectivity index (χ0) is 44.6. The summed E-state index contributed by atoms with van der Waals surface area (Å²) in [4.78, 5) is 25.6. The van der Waals surface area contributed by atoms with Gasteiger partial charge in [-0.05, 0) is 142 Å². The summed E-state index contributed by atoms with van der Waals surface area (Å²) in [6, 6.07) is 7.80. The molecule has 0 bridgehead atoms. The lowest BCUT2D eigenvalue weighted by atomic mass is 10.2. The highest BCUT2D eigenvalue weighted by molar-refractivity contribution is 7.75. The number of ether oxygens (including phenoxy) is 2. The van der Waals surface area contributed by atoms with Crippen LogP contribution < -0.4 is 10.4 Å². The van der Waals surface area contributed by atoms with Crippen molar-refractivity contribution >= 4 is 40.1 Å². The molecule has 0 amide bonds. The predicted octanol–water partition coefficient (Wildman–Crippen LogP) is 6.47. The zero-order valence-corrected chi connectivity index (χ0v) is 34.6. The third-order valence-electron chi connectivity index (χ3n) is 7.34. The van der Waals surface area contributed by atoms with E-state index in [0.717, 1.165) is 60.8 Å². The Morgan fingerprint density at radius 2 is 1.47 bits per heavy atom. The fourth-order valence-electron chi connectivity index (χ4n) is 4.79. The van der Waals surface area contributed by atoms with Crippen LogP contribution >= 0.6 is 24.2 Å². The number of nitrogens with one attached hydrogen (secondary N) is 1. The van der Waals surface area contributed by atoms with Crippen LogP contribution in [-0.4, -0.2) is 68.1 Å². The maximum absolute atomic E-state index is 13.3. The number of methoxy groups -OCH3 is 1. The van der Waals surface area contributed by atoms with Gasteiger partial charge in [-0.2, -0.15) is 19.4 Å². The Labute approximate surface area is 383 Å². The lowest BCUT2D eigenvalue weighted by Gasteiger charge is -2.18. The highest BCUT2D eigenvalue weighted by atomic mass is 32.1. The zero-order valence-electron chi connectivity index (χ0n) is 32.9. The predicted molar refractivity (Wildman–Crippen MR) is 257 cm³/mol. The van der Waals surface area contributed by atoms with E-state index < -0.39 is 0 Å². The quantitative estimate of drug-likeness (QED) is 0.0422. The second kappa shape index (κ2) is 28.9. The Hall–Kier alpha value is -8.36. The van der Waals surface area contributed by atoms with Crippen LogP contribution in [0.5, 0.6) is 5.75 Å². The summed E-state index contributed by atoms with van der Waals surface area (Å²) in [7, 11) is 1.65. The Morgan fingerprint density at radius 1 is 0.903 bits per heavy atom. The molecule has 4 heterocycles. The van der Waals surface area contributed by atoms with Gasteiger partial charge >= 0.3 is 5.69 Å². The van der Waals surface area contributed by atoms with E-state index in [9.17, 15) is 4.79 Å². The average Bonchev–Trinajstić information content (AvgIpc) is 3.81. The van der Waals surface area contributed by atoms with Gasteiger partial charge in [-0.25, -0.2) is 15.0 Å². The number of hydrogen-bond donors (Lipinski definition) is 3. The Morgan fingerprint density at radius 3 is 1.97 bits per heavy atom. The third kappa shape index (κ3) is 16.5. The number of thiol groups is 1.